The Hall–Kier alpha value is -4.11. The molecular weight excluding hydrogens is 455 g/mol. The molecule has 35 heavy (non-hydrogen) atoms. The number of alkyl halides is 1. The first-order valence-electron chi connectivity index (χ1n) is 11.1. The van der Waals surface area contributed by atoms with Gasteiger partial charge in [-0.05, 0) is 32.0 Å². The van der Waals surface area contributed by atoms with Gasteiger partial charge in [-0.15, -0.1) is 0 Å². The number of likely N-dealkylation sites (tertiary alicyclic amines) is 1. The van der Waals surface area contributed by atoms with Crippen LogP contribution in [0.1, 0.15) is 31.9 Å². The summed E-state index contributed by atoms with van der Waals surface area (Å²) in [6.45, 7) is 3.48. The fourth-order valence-corrected chi connectivity index (χ4v) is 3.67. The molecule has 0 spiro atoms. The number of piperidine rings is 1. The van der Waals surface area contributed by atoms with Gasteiger partial charge in [0.1, 0.15) is 30.9 Å². The highest BCUT2D eigenvalue weighted by Crippen LogP contribution is 2.28. The van der Waals surface area contributed by atoms with Gasteiger partial charge < -0.3 is 20.1 Å². The first-order chi connectivity index (χ1) is 16.9. The van der Waals surface area contributed by atoms with Crippen LogP contribution in [0.15, 0.2) is 36.9 Å². The Kier molecular flexibility index (Phi) is 7.17. The van der Waals surface area contributed by atoms with E-state index in [0.717, 1.165) is 5.69 Å². The molecule has 1 amide bonds. The Morgan fingerprint density at radius 3 is 2.91 bits per heavy atom. The number of nitrogens with one attached hydrogen (secondary N) is 1. The number of nitriles is 1. The second kappa shape index (κ2) is 10.4. The van der Waals surface area contributed by atoms with Crippen LogP contribution in [0.3, 0.4) is 0 Å². The molecule has 0 bridgehead atoms. The van der Waals surface area contributed by atoms with E-state index in [0.29, 0.717) is 17.3 Å². The number of aliphatic hydroxyl groups excluding tert-OH is 1. The number of anilines is 2. The highest BCUT2D eigenvalue weighted by molar-refractivity contribution is 5.77. The third kappa shape index (κ3) is 5.52. The molecule has 3 aromatic rings. The lowest BCUT2D eigenvalue weighted by Gasteiger charge is -2.34. The van der Waals surface area contributed by atoms with Gasteiger partial charge >= 0.3 is 0 Å². The summed E-state index contributed by atoms with van der Waals surface area (Å²) < 4.78 is 22.2. The molecule has 2 atom stereocenters. The van der Waals surface area contributed by atoms with E-state index >= 15 is 0 Å². The van der Waals surface area contributed by atoms with Gasteiger partial charge in [0.05, 0.1) is 24.0 Å². The number of aliphatic hydroxyl groups is 1. The number of benzene rings is 1. The van der Waals surface area contributed by atoms with E-state index in [1.807, 2.05) is 20.0 Å². The summed E-state index contributed by atoms with van der Waals surface area (Å²) in [5.41, 5.74) is 1.50. The number of halogens is 1. The highest BCUT2D eigenvalue weighted by Gasteiger charge is 2.33. The first-order valence-corrected chi connectivity index (χ1v) is 11.1. The van der Waals surface area contributed by atoms with Crippen LogP contribution in [0.2, 0.25) is 0 Å². The maximum absolute atomic E-state index is 14.6. The van der Waals surface area contributed by atoms with E-state index < -0.39 is 24.8 Å². The Balaban J connectivity index is 1.48. The van der Waals surface area contributed by atoms with Crippen molar-refractivity contribution in [3.05, 3.63) is 42.5 Å². The average molecular weight is 481 g/mol. The van der Waals surface area contributed by atoms with Crippen LogP contribution in [-0.4, -0.2) is 72.6 Å². The molecule has 11 nitrogen and oxygen atoms in total. The van der Waals surface area contributed by atoms with Gasteiger partial charge in [-0.2, -0.15) is 15.3 Å². The zero-order valence-electron chi connectivity index (χ0n) is 19.3. The molecule has 1 aliphatic rings. The predicted molar refractivity (Wildman–Crippen MR) is 123 cm³/mol. The third-order valence-corrected chi connectivity index (χ3v) is 5.56. The van der Waals surface area contributed by atoms with Crippen molar-refractivity contribution in [3.63, 3.8) is 0 Å². The SMILES string of the molecule is CC(C)n1cc(Nc2ncnc(-c3ccc(O[C@H]4CCN(C(=O)CO)C[C@@H]4F)c(C#N)c3)n2)cn1. The fourth-order valence-electron chi connectivity index (χ4n) is 3.67. The van der Waals surface area contributed by atoms with Gasteiger partial charge in [-0.1, -0.05) is 0 Å². The Bertz CT molecular complexity index is 1240. The monoisotopic (exact) mass is 480 g/mol. The van der Waals surface area contributed by atoms with Crippen molar-refractivity contribution in [2.24, 2.45) is 0 Å². The van der Waals surface area contributed by atoms with Crippen molar-refractivity contribution in [2.75, 3.05) is 25.0 Å². The van der Waals surface area contributed by atoms with Crippen molar-refractivity contribution in [3.8, 4) is 23.2 Å². The lowest BCUT2D eigenvalue weighted by molar-refractivity contribution is -0.138. The summed E-state index contributed by atoms with van der Waals surface area (Å²) in [4.78, 5) is 25.6. The van der Waals surface area contributed by atoms with Crippen LogP contribution in [0, 0.1) is 11.3 Å². The normalized spacial score (nSPS) is 17.8. The second-order valence-electron chi connectivity index (χ2n) is 8.34. The van der Waals surface area contributed by atoms with E-state index in [4.69, 9.17) is 9.84 Å². The van der Waals surface area contributed by atoms with Crippen molar-refractivity contribution in [1.29, 1.82) is 5.26 Å². The number of carbonyl (C=O) groups excluding carboxylic acids is 1. The highest BCUT2D eigenvalue weighted by atomic mass is 19.1. The number of ether oxygens (including phenoxy) is 1. The largest absolute Gasteiger partial charge is 0.486 e. The van der Waals surface area contributed by atoms with Gasteiger partial charge in [-0.3, -0.25) is 9.48 Å². The summed E-state index contributed by atoms with van der Waals surface area (Å²) >= 11 is 0. The Morgan fingerprint density at radius 2 is 2.23 bits per heavy atom. The maximum atomic E-state index is 14.6. The van der Waals surface area contributed by atoms with Gasteiger partial charge in [-0.25, -0.2) is 14.4 Å². The van der Waals surface area contributed by atoms with E-state index in [1.54, 1.807) is 29.1 Å². The summed E-state index contributed by atoms with van der Waals surface area (Å²) in [7, 11) is 0. The average Bonchev–Trinajstić information content (AvgIpc) is 3.34. The number of amides is 1. The van der Waals surface area contributed by atoms with Crippen molar-refractivity contribution < 1.29 is 19.0 Å². The molecule has 182 valence electrons. The Labute approximate surface area is 201 Å². The first kappa shape index (κ1) is 24.0. The van der Waals surface area contributed by atoms with E-state index in [1.165, 1.54) is 11.2 Å². The molecule has 1 aliphatic heterocycles. The van der Waals surface area contributed by atoms with E-state index in [-0.39, 0.29) is 36.9 Å². The lowest BCUT2D eigenvalue weighted by atomic mass is 10.0. The molecule has 0 radical (unpaired) electrons. The van der Waals surface area contributed by atoms with Crippen molar-refractivity contribution in [1.82, 2.24) is 29.6 Å². The predicted octanol–water partition coefficient (Wildman–Crippen LogP) is 2.24. The zero-order chi connectivity index (χ0) is 24.9. The van der Waals surface area contributed by atoms with E-state index in [9.17, 15) is 14.4 Å². The second-order valence-corrected chi connectivity index (χ2v) is 8.34. The molecule has 0 aliphatic carbocycles. The van der Waals surface area contributed by atoms with Crippen molar-refractivity contribution >= 4 is 17.5 Å². The van der Waals surface area contributed by atoms with Gasteiger partial charge in [0, 0.05) is 30.8 Å². The molecular formula is C23H25FN8O3. The summed E-state index contributed by atoms with van der Waals surface area (Å²) in [5.74, 6) is 0.384. The minimum Gasteiger partial charge on any atom is -0.486 e. The molecule has 1 fully saturated rings. The van der Waals surface area contributed by atoms with Crippen LogP contribution < -0.4 is 10.1 Å². The third-order valence-electron chi connectivity index (χ3n) is 5.56. The van der Waals surface area contributed by atoms with E-state index in [2.05, 4.69) is 31.4 Å². The minimum absolute atomic E-state index is 0.166. The standard InChI is InChI=1S/C23H25FN8O3/c1-14(2)32-10-17(9-28-32)29-23-27-13-26-22(30-23)15-3-4-19(16(7-15)8-25)35-20-5-6-31(11-18(20)24)21(34)12-33/h3-4,7,9-10,13-14,18,20,33H,5-6,11-12H2,1-2H3,(H,26,27,29,30)/t18-,20-/m0/s1. The molecule has 0 unspecified atom stereocenters. The molecule has 2 aromatic heterocycles. The van der Waals surface area contributed by atoms with Gasteiger partial charge in [0.2, 0.25) is 11.9 Å². The fraction of sp³-hybridized carbons (Fsp3) is 0.391. The minimum atomic E-state index is -1.44. The summed E-state index contributed by atoms with van der Waals surface area (Å²) in [6.07, 6.45) is 2.87. The van der Waals surface area contributed by atoms with Crippen LogP contribution >= 0.6 is 0 Å². The molecule has 1 saturated heterocycles. The molecule has 2 N–H and O–H groups in total. The molecule has 3 heterocycles. The van der Waals surface area contributed by atoms with Crippen LogP contribution in [0.4, 0.5) is 16.0 Å². The maximum Gasteiger partial charge on any atom is 0.248 e. The molecule has 4 rings (SSSR count). The molecule has 1 aromatic carbocycles. The molecule has 12 heteroatoms. The van der Waals surface area contributed by atoms with Crippen molar-refractivity contribution in [2.45, 2.75) is 38.6 Å². The quantitative estimate of drug-likeness (QED) is 0.520. The Morgan fingerprint density at radius 1 is 1.40 bits per heavy atom. The number of nitrogens with zero attached hydrogens (tertiary/aromatic N) is 7. The summed E-state index contributed by atoms with van der Waals surface area (Å²) in [5, 5.41) is 26.0. The summed E-state index contributed by atoms with van der Waals surface area (Å²) in [6, 6.07) is 7.12. The zero-order valence-corrected chi connectivity index (χ0v) is 19.3. The topological polar surface area (TPSA) is 142 Å². The smallest absolute Gasteiger partial charge is 0.248 e. The number of hydrogen-bond donors (Lipinski definition) is 2. The van der Waals surface area contributed by atoms with Crippen LogP contribution in [0.25, 0.3) is 11.4 Å². The van der Waals surface area contributed by atoms with Gasteiger partial charge in [0.25, 0.3) is 0 Å². The lowest BCUT2D eigenvalue weighted by Crippen LogP contribution is -2.50. The van der Waals surface area contributed by atoms with Crippen LogP contribution in [0.5, 0.6) is 5.75 Å². The van der Waals surface area contributed by atoms with Gasteiger partial charge in [0.15, 0.2) is 12.0 Å². The van der Waals surface area contributed by atoms with Crippen LogP contribution in [-0.2, 0) is 4.79 Å². The number of aromatic nitrogens is 5. The molecule has 0 saturated carbocycles. The number of rotatable bonds is 7. The number of carbonyl (C=O) groups is 1. The number of hydrogen-bond acceptors (Lipinski definition) is 9.